The summed E-state index contributed by atoms with van der Waals surface area (Å²) in [6, 6.07) is 14.7. The summed E-state index contributed by atoms with van der Waals surface area (Å²) in [5.74, 6) is 0.144. The van der Waals surface area contributed by atoms with Gasteiger partial charge in [-0.15, -0.1) is 0 Å². The predicted octanol–water partition coefficient (Wildman–Crippen LogP) is 3.32. The van der Waals surface area contributed by atoms with Gasteiger partial charge in [-0.1, -0.05) is 32.0 Å². The highest BCUT2D eigenvalue weighted by atomic mass is 32.1. The molecule has 0 spiro atoms. The molecule has 0 atom stereocenters. The number of amides is 2. The van der Waals surface area contributed by atoms with Crippen LogP contribution in [0.3, 0.4) is 0 Å². The number of thiocarbonyl (C=S) groups is 1. The Hall–Kier alpha value is -2.77. The van der Waals surface area contributed by atoms with Gasteiger partial charge in [-0.05, 0) is 61.1 Å². The lowest BCUT2D eigenvalue weighted by atomic mass is 10.0. The van der Waals surface area contributed by atoms with Crippen LogP contribution in [-0.2, 0) is 0 Å². The Morgan fingerprint density at radius 3 is 2.27 bits per heavy atom. The number of benzene rings is 2. The van der Waals surface area contributed by atoms with E-state index < -0.39 is 0 Å². The Labute approximate surface area is 183 Å². The van der Waals surface area contributed by atoms with E-state index in [2.05, 4.69) is 36.4 Å². The minimum atomic E-state index is -0.271. The second kappa shape index (κ2) is 9.82. The van der Waals surface area contributed by atoms with Gasteiger partial charge in [0.15, 0.2) is 5.11 Å². The van der Waals surface area contributed by atoms with Crippen molar-refractivity contribution in [1.29, 1.82) is 0 Å². The highest BCUT2D eigenvalue weighted by molar-refractivity contribution is 7.80. The highest BCUT2D eigenvalue weighted by Gasteiger charge is 2.20. The summed E-state index contributed by atoms with van der Waals surface area (Å²) in [7, 11) is 2.06. The molecule has 2 aromatic carbocycles. The molecule has 0 aromatic heterocycles. The first-order chi connectivity index (χ1) is 14.3. The Balaban J connectivity index is 1.59. The second-order valence-electron chi connectivity index (χ2n) is 7.86. The lowest BCUT2D eigenvalue weighted by Gasteiger charge is -2.32. The molecule has 1 saturated heterocycles. The largest absolute Gasteiger partial charge is 0.336 e. The maximum absolute atomic E-state index is 12.8. The fourth-order valence-corrected chi connectivity index (χ4v) is 3.49. The maximum Gasteiger partial charge on any atom is 0.257 e. The van der Waals surface area contributed by atoms with E-state index in [4.69, 9.17) is 12.2 Å². The summed E-state index contributed by atoms with van der Waals surface area (Å²) >= 11 is 5.28. The lowest BCUT2D eigenvalue weighted by Crippen LogP contribution is -2.47. The molecule has 1 fully saturated rings. The summed E-state index contributed by atoms with van der Waals surface area (Å²) in [5, 5.41) is 5.88. The number of nitrogens with one attached hydrogen (secondary N) is 2. The van der Waals surface area contributed by atoms with Gasteiger partial charge in [0.1, 0.15) is 0 Å². The normalized spacial score (nSPS) is 14.5. The number of carbonyl (C=O) groups is 2. The van der Waals surface area contributed by atoms with Crippen LogP contribution in [0.1, 0.15) is 46.0 Å². The van der Waals surface area contributed by atoms with Crippen molar-refractivity contribution in [2.75, 3.05) is 38.5 Å². The highest BCUT2D eigenvalue weighted by Crippen LogP contribution is 2.16. The van der Waals surface area contributed by atoms with Crippen molar-refractivity contribution in [1.82, 2.24) is 15.1 Å². The first kappa shape index (κ1) is 21.9. The van der Waals surface area contributed by atoms with Gasteiger partial charge in [-0.25, -0.2) is 0 Å². The van der Waals surface area contributed by atoms with Crippen LogP contribution in [0, 0.1) is 0 Å². The van der Waals surface area contributed by atoms with Crippen LogP contribution in [0.4, 0.5) is 5.69 Å². The van der Waals surface area contributed by atoms with Crippen molar-refractivity contribution in [3.05, 3.63) is 65.2 Å². The molecule has 6 nitrogen and oxygen atoms in total. The molecular weight excluding hydrogens is 396 g/mol. The Bertz CT molecular complexity index is 919. The minimum absolute atomic E-state index is 0.00643. The van der Waals surface area contributed by atoms with E-state index in [1.807, 2.05) is 23.1 Å². The summed E-state index contributed by atoms with van der Waals surface area (Å²) in [6.45, 7) is 7.40. The van der Waals surface area contributed by atoms with Gasteiger partial charge in [-0.3, -0.25) is 14.9 Å². The SMILES string of the molecule is CC(C)c1ccc(C(=O)NC(=S)Nc2cccc(C(=O)N3CCN(C)CC3)c2)cc1. The van der Waals surface area contributed by atoms with Gasteiger partial charge < -0.3 is 15.1 Å². The molecule has 0 bridgehead atoms. The monoisotopic (exact) mass is 424 g/mol. The molecule has 7 heteroatoms. The number of nitrogens with zero attached hydrogens (tertiary/aromatic N) is 2. The fraction of sp³-hybridized carbons (Fsp3) is 0.348. The number of carbonyl (C=O) groups excluding carboxylic acids is 2. The first-order valence-electron chi connectivity index (χ1n) is 10.1. The van der Waals surface area contributed by atoms with Gasteiger partial charge in [0, 0.05) is 43.0 Å². The molecule has 3 rings (SSSR count). The van der Waals surface area contributed by atoms with Gasteiger partial charge in [0.25, 0.3) is 11.8 Å². The summed E-state index contributed by atoms with van der Waals surface area (Å²) in [5.41, 5.74) is 2.98. The molecule has 30 heavy (non-hydrogen) atoms. The van der Waals surface area contributed by atoms with Crippen LogP contribution in [0.5, 0.6) is 0 Å². The quantitative estimate of drug-likeness (QED) is 0.737. The number of rotatable bonds is 4. The van der Waals surface area contributed by atoms with Crippen molar-refractivity contribution in [3.8, 4) is 0 Å². The van der Waals surface area contributed by atoms with Gasteiger partial charge in [0.2, 0.25) is 0 Å². The summed E-state index contributed by atoms with van der Waals surface area (Å²) < 4.78 is 0. The second-order valence-corrected chi connectivity index (χ2v) is 8.27. The van der Waals surface area contributed by atoms with E-state index in [-0.39, 0.29) is 16.9 Å². The van der Waals surface area contributed by atoms with Crippen molar-refractivity contribution in [3.63, 3.8) is 0 Å². The van der Waals surface area contributed by atoms with Crippen molar-refractivity contribution >= 4 is 34.8 Å². The number of piperazine rings is 1. The first-order valence-corrected chi connectivity index (χ1v) is 10.5. The molecule has 2 amide bonds. The van der Waals surface area contributed by atoms with Crippen LogP contribution in [0.15, 0.2) is 48.5 Å². The molecule has 1 aliphatic heterocycles. The van der Waals surface area contributed by atoms with Crippen molar-refractivity contribution in [2.24, 2.45) is 0 Å². The molecule has 2 N–H and O–H groups in total. The third kappa shape index (κ3) is 5.64. The van der Waals surface area contributed by atoms with E-state index in [1.54, 1.807) is 30.3 Å². The zero-order valence-electron chi connectivity index (χ0n) is 17.6. The molecule has 0 aliphatic carbocycles. The average molecular weight is 425 g/mol. The standard InChI is InChI=1S/C23H28N4O2S/c1-16(2)17-7-9-18(10-8-17)21(28)25-23(30)24-20-6-4-5-19(15-20)22(29)27-13-11-26(3)12-14-27/h4-10,15-16H,11-14H2,1-3H3,(H2,24,25,28,30). The Morgan fingerprint density at radius 2 is 1.63 bits per heavy atom. The van der Waals surface area contributed by atoms with Gasteiger partial charge >= 0.3 is 0 Å². The topological polar surface area (TPSA) is 64.7 Å². The van der Waals surface area contributed by atoms with Crippen LogP contribution in [-0.4, -0.2) is 60.0 Å². The van der Waals surface area contributed by atoms with Crippen molar-refractivity contribution < 1.29 is 9.59 Å². The van der Waals surface area contributed by atoms with E-state index in [1.165, 1.54) is 5.56 Å². The maximum atomic E-state index is 12.8. The molecule has 0 saturated carbocycles. The molecule has 1 heterocycles. The minimum Gasteiger partial charge on any atom is -0.336 e. The lowest BCUT2D eigenvalue weighted by molar-refractivity contribution is 0.0664. The van der Waals surface area contributed by atoms with Crippen LogP contribution >= 0.6 is 12.2 Å². The smallest absolute Gasteiger partial charge is 0.257 e. The number of hydrogen-bond donors (Lipinski definition) is 2. The van der Waals surface area contributed by atoms with E-state index in [9.17, 15) is 9.59 Å². The third-order valence-electron chi connectivity index (χ3n) is 5.22. The third-order valence-corrected chi connectivity index (χ3v) is 5.43. The summed E-state index contributed by atoms with van der Waals surface area (Å²) in [6.07, 6.45) is 0. The fourth-order valence-electron chi connectivity index (χ4n) is 3.28. The van der Waals surface area contributed by atoms with E-state index in [0.29, 0.717) is 22.7 Å². The molecule has 2 aromatic rings. The molecule has 1 aliphatic rings. The van der Waals surface area contributed by atoms with E-state index >= 15 is 0 Å². The van der Waals surface area contributed by atoms with Gasteiger partial charge in [-0.2, -0.15) is 0 Å². The van der Waals surface area contributed by atoms with Crippen LogP contribution in [0.2, 0.25) is 0 Å². The van der Waals surface area contributed by atoms with Crippen molar-refractivity contribution in [2.45, 2.75) is 19.8 Å². The van der Waals surface area contributed by atoms with Crippen LogP contribution < -0.4 is 10.6 Å². The summed E-state index contributed by atoms with van der Waals surface area (Å²) in [4.78, 5) is 29.3. The number of likely N-dealkylation sites (N-methyl/N-ethyl adjacent to an activating group) is 1. The molecule has 0 radical (unpaired) electrons. The number of anilines is 1. The average Bonchev–Trinajstić information content (AvgIpc) is 2.74. The van der Waals surface area contributed by atoms with E-state index in [0.717, 1.165) is 26.2 Å². The van der Waals surface area contributed by atoms with Crippen LogP contribution in [0.25, 0.3) is 0 Å². The van der Waals surface area contributed by atoms with Gasteiger partial charge in [0.05, 0.1) is 0 Å². The number of hydrogen-bond acceptors (Lipinski definition) is 4. The molecular formula is C23H28N4O2S. The Kier molecular flexibility index (Phi) is 7.18. The molecule has 0 unspecified atom stereocenters. The zero-order chi connectivity index (χ0) is 21.7. The molecule has 158 valence electrons. The Morgan fingerprint density at radius 1 is 0.967 bits per heavy atom. The zero-order valence-corrected chi connectivity index (χ0v) is 18.5. The predicted molar refractivity (Wildman–Crippen MR) is 124 cm³/mol.